The quantitative estimate of drug-likeness (QED) is 0.861. The molecule has 122 valence electrons. The number of ether oxygens (including phenoxy) is 2. The lowest BCUT2D eigenvalue weighted by Crippen LogP contribution is -2.54. The number of nitrogens with zero attached hydrogens (tertiary/aromatic N) is 3. The first kappa shape index (κ1) is 15.8. The molecule has 0 aliphatic carbocycles. The minimum Gasteiger partial charge on any atom is -0.388 e. The predicted molar refractivity (Wildman–Crippen MR) is 81.5 cm³/mol. The van der Waals surface area contributed by atoms with Crippen molar-refractivity contribution >= 4 is 0 Å². The van der Waals surface area contributed by atoms with E-state index in [2.05, 4.69) is 14.9 Å². The highest BCUT2D eigenvalue weighted by Crippen LogP contribution is 2.24. The van der Waals surface area contributed by atoms with Gasteiger partial charge in [-0.25, -0.2) is 0 Å². The highest BCUT2D eigenvalue weighted by Gasteiger charge is 2.35. The van der Waals surface area contributed by atoms with Crippen molar-refractivity contribution in [3.05, 3.63) is 24.3 Å². The Bertz CT molecular complexity index is 451. The summed E-state index contributed by atoms with van der Waals surface area (Å²) in [4.78, 5) is 10.8. The van der Waals surface area contributed by atoms with Crippen LogP contribution in [0, 0.1) is 0 Å². The molecule has 22 heavy (non-hydrogen) atoms. The SMILES string of the molecule is OC1(CN2CCOC[C@H]2CCc2cnccn2)CCOCC1. The first-order chi connectivity index (χ1) is 10.8. The molecule has 3 heterocycles. The Kier molecular flexibility index (Phi) is 5.36. The summed E-state index contributed by atoms with van der Waals surface area (Å²) >= 11 is 0. The highest BCUT2D eigenvalue weighted by molar-refractivity contribution is 4.96. The Morgan fingerprint density at radius 3 is 2.86 bits per heavy atom. The Morgan fingerprint density at radius 2 is 2.09 bits per heavy atom. The van der Waals surface area contributed by atoms with Gasteiger partial charge in [-0.05, 0) is 12.8 Å². The van der Waals surface area contributed by atoms with E-state index in [0.29, 0.717) is 25.8 Å². The van der Waals surface area contributed by atoms with Crippen molar-refractivity contribution in [1.29, 1.82) is 0 Å². The van der Waals surface area contributed by atoms with Gasteiger partial charge in [0, 0.05) is 63.8 Å². The van der Waals surface area contributed by atoms with Crippen molar-refractivity contribution in [3.8, 4) is 0 Å². The fourth-order valence-electron chi connectivity index (χ4n) is 3.22. The Hall–Kier alpha value is -1.08. The Morgan fingerprint density at radius 1 is 1.23 bits per heavy atom. The first-order valence-electron chi connectivity index (χ1n) is 8.12. The molecule has 0 bridgehead atoms. The summed E-state index contributed by atoms with van der Waals surface area (Å²) in [7, 11) is 0. The number of aryl methyl sites for hydroxylation is 1. The van der Waals surface area contributed by atoms with E-state index in [-0.39, 0.29) is 0 Å². The minimum absolute atomic E-state index is 0.336. The molecular formula is C16H25N3O3. The van der Waals surface area contributed by atoms with E-state index < -0.39 is 5.60 Å². The van der Waals surface area contributed by atoms with Gasteiger partial charge in [0.25, 0.3) is 0 Å². The summed E-state index contributed by atoms with van der Waals surface area (Å²) in [5.41, 5.74) is 0.401. The van der Waals surface area contributed by atoms with E-state index in [4.69, 9.17) is 9.47 Å². The third-order valence-corrected chi connectivity index (χ3v) is 4.62. The van der Waals surface area contributed by atoms with Crippen LogP contribution in [0.15, 0.2) is 18.6 Å². The largest absolute Gasteiger partial charge is 0.388 e. The van der Waals surface area contributed by atoms with E-state index >= 15 is 0 Å². The van der Waals surface area contributed by atoms with Crippen LogP contribution in [-0.2, 0) is 15.9 Å². The maximum absolute atomic E-state index is 10.7. The number of rotatable bonds is 5. The summed E-state index contributed by atoms with van der Waals surface area (Å²) in [6.07, 6.45) is 8.56. The standard InChI is InChI=1S/C16H25N3O3/c20-16(3-8-21-9-4-16)13-19-7-10-22-12-15(19)2-1-14-11-17-5-6-18-14/h5-6,11,15,20H,1-4,7-10,12-13H2/t15-/m1/s1. The third-order valence-electron chi connectivity index (χ3n) is 4.62. The number of β-amino-alcohol motifs (C(OH)–C–C–N with tert-alkyl or cyclic N) is 1. The van der Waals surface area contributed by atoms with Gasteiger partial charge in [-0.3, -0.25) is 14.9 Å². The van der Waals surface area contributed by atoms with Crippen LogP contribution in [0.25, 0.3) is 0 Å². The van der Waals surface area contributed by atoms with Crippen molar-refractivity contribution in [2.75, 3.05) is 39.5 Å². The lowest BCUT2D eigenvalue weighted by molar-refractivity contribution is -0.104. The fourth-order valence-corrected chi connectivity index (χ4v) is 3.22. The topological polar surface area (TPSA) is 67.7 Å². The molecule has 0 spiro atoms. The number of aromatic nitrogens is 2. The molecule has 2 aliphatic rings. The van der Waals surface area contributed by atoms with E-state index in [1.807, 2.05) is 6.20 Å². The van der Waals surface area contributed by atoms with E-state index in [0.717, 1.165) is 51.1 Å². The molecule has 1 N–H and O–H groups in total. The molecule has 2 saturated heterocycles. The highest BCUT2D eigenvalue weighted by atomic mass is 16.5. The molecular weight excluding hydrogens is 282 g/mol. The van der Waals surface area contributed by atoms with Crippen molar-refractivity contribution in [2.45, 2.75) is 37.3 Å². The number of aliphatic hydroxyl groups is 1. The zero-order valence-corrected chi connectivity index (χ0v) is 13.0. The molecule has 0 unspecified atom stereocenters. The van der Waals surface area contributed by atoms with Gasteiger partial charge in [0.05, 0.1) is 24.5 Å². The van der Waals surface area contributed by atoms with Crippen molar-refractivity contribution < 1.29 is 14.6 Å². The maximum Gasteiger partial charge on any atom is 0.0818 e. The Balaban J connectivity index is 1.56. The fraction of sp³-hybridized carbons (Fsp3) is 0.750. The summed E-state index contributed by atoms with van der Waals surface area (Å²) in [6, 6.07) is 0.336. The monoisotopic (exact) mass is 307 g/mol. The van der Waals surface area contributed by atoms with Crippen LogP contribution >= 0.6 is 0 Å². The lowest BCUT2D eigenvalue weighted by atomic mass is 9.92. The number of morpholine rings is 1. The average molecular weight is 307 g/mol. The number of hydrogen-bond acceptors (Lipinski definition) is 6. The van der Waals surface area contributed by atoms with Gasteiger partial charge in [0.15, 0.2) is 0 Å². The Labute approximate surface area is 131 Å². The van der Waals surface area contributed by atoms with Gasteiger partial charge < -0.3 is 14.6 Å². The normalized spacial score (nSPS) is 26.0. The molecule has 2 fully saturated rings. The molecule has 2 aliphatic heterocycles. The van der Waals surface area contributed by atoms with Gasteiger partial charge in [-0.15, -0.1) is 0 Å². The van der Waals surface area contributed by atoms with Crippen LogP contribution in [0.4, 0.5) is 0 Å². The van der Waals surface area contributed by atoms with Gasteiger partial charge in [0.2, 0.25) is 0 Å². The van der Waals surface area contributed by atoms with Crippen molar-refractivity contribution in [3.63, 3.8) is 0 Å². The maximum atomic E-state index is 10.7. The zero-order chi connectivity index (χ0) is 15.3. The molecule has 6 heteroatoms. The van der Waals surface area contributed by atoms with Gasteiger partial charge >= 0.3 is 0 Å². The lowest BCUT2D eigenvalue weighted by Gasteiger charge is -2.42. The average Bonchev–Trinajstić information content (AvgIpc) is 2.55. The molecule has 1 aromatic rings. The van der Waals surface area contributed by atoms with Crippen LogP contribution < -0.4 is 0 Å². The molecule has 0 aromatic carbocycles. The minimum atomic E-state index is -0.611. The van der Waals surface area contributed by atoms with Crippen LogP contribution in [-0.4, -0.2) is 71.1 Å². The van der Waals surface area contributed by atoms with Crippen LogP contribution in [0.2, 0.25) is 0 Å². The van der Waals surface area contributed by atoms with E-state index in [1.54, 1.807) is 12.4 Å². The predicted octanol–water partition coefficient (Wildman–Crippen LogP) is 0.651. The smallest absolute Gasteiger partial charge is 0.0818 e. The molecule has 3 rings (SSSR count). The van der Waals surface area contributed by atoms with Crippen LogP contribution in [0.3, 0.4) is 0 Å². The van der Waals surface area contributed by atoms with Gasteiger partial charge in [0.1, 0.15) is 0 Å². The van der Waals surface area contributed by atoms with Crippen LogP contribution in [0.5, 0.6) is 0 Å². The second-order valence-electron chi connectivity index (χ2n) is 6.27. The molecule has 0 amide bonds. The summed E-state index contributed by atoms with van der Waals surface area (Å²) in [5.74, 6) is 0. The van der Waals surface area contributed by atoms with Crippen LogP contribution in [0.1, 0.15) is 25.0 Å². The third kappa shape index (κ3) is 4.23. The zero-order valence-electron chi connectivity index (χ0n) is 13.0. The molecule has 6 nitrogen and oxygen atoms in total. The second kappa shape index (κ2) is 7.46. The summed E-state index contributed by atoms with van der Waals surface area (Å²) in [5, 5.41) is 10.7. The van der Waals surface area contributed by atoms with Crippen molar-refractivity contribution in [1.82, 2.24) is 14.9 Å². The second-order valence-corrected chi connectivity index (χ2v) is 6.27. The number of hydrogen-bond donors (Lipinski definition) is 1. The van der Waals surface area contributed by atoms with E-state index in [1.165, 1.54) is 0 Å². The molecule has 0 saturated carbocycles. The molecule has 1 aromatic heterocycles. The molecule has 0 radical (unpaired) electrons. The van der Waals surface area contributed by atoms with Gasteiger partial charge in [-0.2, -0.15) is 0 Å². The summed E-state index contributed by atoms with van der Waals surface area (Å²) in [6.45, 7) is 4.39. The van der Waals surface area contributed by atoms with Gasteiger partial charge in [-0.1, -0.05) is 0 Å². The summed E-state index contributed by atoms with van der Waals surface area (Å²) < 4.78 is 11.0. The first-order valence-corrected chi connectivity index (χ1v) is 8.12. The van der Waals surface area contributed by atoms with E-state index in [9.17, 15) is 5.11 Å². The molecule has 1 atom stereocenters. The van der Waals surface area contributed by atoms with Crippen molar-refractivity contribution in [2.24, 2.45) is 0 Å².